The summed E-state index contributed by atoms with van der Waals surface area (Å²) in [6, 6.07) is 0. The molecule has 1 amide bonds. The summed E-state index contributed by atoms with van der Waals surface area (Å²) in [6.07, 6.45) is 12.8. The molecule has 0 bridgehead atoms. The Bertz CT molecular complexity index is 281. The Morgan fingerprint density at radius 1 is 1.00 bits per heavy atom. The Hall–Kier alpha value is -0.180. The minimum Gasteiger partial charge on any atom is -0.336 e. The summed E-state index contributed by atoms with van der Waals surface area (Å²) >= 11 is 1.80. The molecule has 1 aliphatic rings. The van der Waals surface area contributed by atoms with Crippen LogP contribution in [0.15, 0.2) is 0 Å². The molecule has 0 N–H and O–H groups in total. The van der Waals surface area contributed by atoms with Gasteiger partial charge in [-0.2, -0.15) is 11.8 Å². The molecule has 0 spiro atoms. The second-order valence-corrected chi connectivity index (χ2v) is 7.82. The smallest absolute Gasteiger partial charge is 0.233 e. The third-order valence-electron chi connectivity index (χ3n) is 4.78. The van der Waals surface area contributed by atoms with Gasteiger partial charge in [0, 0.05) is 17.8 Å². The number of unbranched alkanes of at least 4 members (excludes halogenated alkanes) is 6. The molecule has 0 aromatic carbocycles. The van der Waals surface area contributed by atoms with Crippen molar-refractivity contribution in [2.45, 2.75) is 90.5 Å². The lowest BCUT2D eigenvalue weighted by Crippen LogP contribution is -2.53. The maximum atomic E-state index is 12.3. The molecule has 0 unspecified atom stereocenters. The SMILES string of the molecule is CCCCCCC(C)(CCCCCC)N1CCSCC1=O. The molecule has 21 heavy (non-hydrogen) atoms. The lowest BCUT2D eigenvalue weighted by atomic mass is 9.86. The highest BCUT2D eigenvalue weighted by Gasteiger charge is 2.35. The largest absolute Gasteiger partial charge is 0.336 e. The minimum atomic E-state index is 0.111. The summed E-state index contributed by atoms with van der Waals surface area (Å²) in [5.74, 6) is 2.19. The van der Waals surface area contributed by atoms with Gasteiger partial charge in [-0.3, -0.25) is 4.79 Å². The Morgan fingerprint density at radius 2 is 1.57 bits per heavy atom. The second kappa shape index (κ2) is 10.5. The van der Waals surface area contributed by atoms with Gasteiger partial charge in [0.05, 0.1) is 5.75 Å². The van der Waals surface area contributed by atoms with Gasteiger partial charge in [0.25, 0.3) is 0 Å². The number of amides is 1. The first kappa shape index (κ1) is 18.9. The zero-order valence-corrected chi connectivity index (χ0v) is 15.3. The van der Waals surface area contributed by atoms with E-state index in [-0.39, 0.29) is 5.54 Å². The Labute approximate surface area is 136 Å². The van der Waals surface area contributed by atoms with Gasteiger partial charge in [-0.15, -0.1) is 0 Å². The van der Waals surface area contributed by atoms with Crippen LogP contribution in [0.1, 0.15) is 85.0 Å². The molecule has 0 saturated carbocycles. The van der Waals surface area contributed by atoms with Crippen molar-refractivity contribution in [2.75, 3.05) is 18.1 Å². The average Bonchev–Trinajstić information content (AvgIpc) is 2.49. The van der Waals surface area contributed by atoms with Gasteiger partial charge in [-0.25, -0.2) is 0 Å². The molecule has 0 radical (unpaired) electrons. The van der Waals surface area contributed by atoms with E-state index >= 15 is 0 Å². The zero-order valence-electron chi connectivity index (χ0n) is 14.5. The van der Waals surface area contributed by atoms with Gasteiger partial charge in [0.15, 0.2) is 0 Å². The van der Waals surface area contributed by atoms with Crippen LogP contribution in [0.5, 0.6) is 0 Å². The average molecular weight is 314 g/mol. The van der Waals surface area contributed by atoms with Crippen LogP contribution in [0, 0.1) is 0 Å². The fourth-order valence-electron chi connectivity index (χ4n) is 3.35. The van der Waals surface area contributed by atoms with E-state index in [4.69, 9.17) is 0 Å². The summed E-state index contributed by atoms with van der Waals surface area (Å²) in [6.45, 7) is 7.82. The van der Waals surface area contributed by atoms with E-state index in [0.717, 1.165) is 12.3 Å². The Kier molecular flexibility index (Phi) is 9.46. The molecule has 0 aromatic rings. The number of carbonyl (C=O) groups excluding carboxylic acids is 1. The van der Waals surface area contributed by atoms with Crippen LogP contribution in [-0.4, -0.2) is 34.4 Å². The molecule has 1 saturated heterocycles. The molecular weight excluding hydrogens is 278 g/mol. The number of hydrogen-bond donors (Lipinski definition) is 0. The topological polar surface area (TPSA) is 20.3 Å². The first-order valence-electron chi connectivity index (χ1n) is 9.02. The van der Waals surface area contributed by atoms with Gasteiger partial charge in [-0.1, -0.05) is 65.2 Å². The van der Waals surface area contributed by atoms with E-state index in [1.165, 1.54) is 64.2 Å². The van der Waals surface area contributed by atoms with Crippen LogP contribution >= 0.6 is 11.8 Å². The molecule has 1 rings (SSSR count). The van der Waals surface area contributed by atoms with E-state index < -0.39 is 0 Å². The fourth-order valence-corrected chi connectivity index (χ4v) is 4.14. The lowest BCUT2D eigenvalue weighted by molar-refractivity contribution is -0.135. The minimum absolute atomic E-state index is 0.111. The van der Waals surface area contributed by atoms with Crippen molar-refractivity contribution in [3.8, 4) is 0 Å². The van der Waals surface area contributed by atoms with E-state index in [1.807, 2.05) is 0 Å². The van der Waals surface area contributed by atoms with Gasteiger partial charge in [-0.05, 0) is 19.8 Å². The van der Waals surface area contributed by atoms with Crippen LogP contribution < -0.4 is 0 Å². The quantitative estimate of drug-likeness (QED) is 0.485. The summed E-state index contributed by atoms with van der Waals surface area (Å²) in [5.41, 5.74) is 0.111. The third-order valence-corrected chi connectivity index (χ3v) is 5.70. The molecule has 1 aliphatic heterocycles. The van der Waals surface area contributed by atoms with Crippen molar-refractivity contribution < 1.29 is 4.79 Å². The monoisotopic (exact) mass is 313 g/mol. The fraction of sp³-hybridized carbons (Fsp3) is 0.944. The van der Waals surface area contributed by atoms with E-state index in [0.29, 0.717) is 11.7 Å². The van der Waals surface area contributed by atoms with Crippen LogP contribution in [0.4, 0.5) is 0 Å². The van der Waals surface area contributed by atoms with Crippen molar-refractivity contribution in [3.63, 3.8) is 0 Å². The van der Waals surface area contributed by atoms with Crippen LogP contribution in [0.2, 0.25) is 0 Å². The maximum absolute atomic E-state index is 12.3. The predicted molar refractivity (Wildman–Crippen MR) is 95.0 cm³/mol. The lowest BCUT2D eigenvalue weighted by Gasteiger charge is -2.44. The standard InChI is InChI=1S/C18H35NOS/c1-4-6-8-10-12-18(3,13-11-9-7-5-2)19-14-15-21-16-17(19)20/h4-16H2,1-3H3. The normalized spacial score (nSPS) is 16.5. The van der Waals surface area contributed by atoms with Crippen molar-refractivity contribution >= 4 is 17.7 Å². The summed E-state index contributed by atoms with van der Waals surface area (Å²) in [5, 5.41) is 0. The Morgan fingerprint density at radius 3 is 2.05 bits per heavy atom. The number of thioether (sulfide) groups is 1. The molecule has 3 heteroatoms. The van der Waals surface area contributed by atoms with Crippen LogP contribution in [0.3, 0.4) is 0 Å². The molecule has 0 atom stereocenters. The van der Waals surface area contributed by atoms with Crippen LogP contribution in [0.25, 0.3) is 0 Å². The highest BCUT2D eigenvalue weighted by molar-refractivity contribution is 8.00. The third kappa shape index (κ3) is 6.63. The van der Waals surface area contributed by atoms with E-state index in [9.17, 15) is 4.79 Å². The van der Waals surface area contributed by atoms with Crippen molar-refractivity contribution in [1.29, 1.82) is 0 Å². The zero-order chi connectivity index (χ0) is 15.6. The number of rotatable bonds is 11. The van der Waals surface area contributed by atoms with Crippen LogP contribution in [-0.2, 0) is 4.79 Å². The van der Waals surface area contributed by atoms with E-state index in [1.54, 1.807) is 11.8 Å². The van der Waals surface area contributed by atoms with Gasteiger partial charge in [0.1, 0.15) is 0 Å². The first-order chi connectivity index (χ1) is 10.1. The molecule has 2 nitrogen and oxygen atoms in total. The van der Waals surface area contributed by atoms with Crippen molar-refractivity contribution in [3.05, 3.63) is 0 Å². The predicted octanol–water partition coefficient (Wildman–Crippen LogP) is 5.26. The van der Waals surface area contributed by atoms with Crippen molar-refractivity contribution in [2.24, 2.45) is 0 Å². The first-order valence-corrected chi connectivity index (χ1v) is 10.2. The molecular formula is C18H35NOS. The number of nitrogens with zero attached hydrogens (tertiary/aromatic N) is 1. The second-order valence-electron chi connectivity index (χ2n) is 6.72. The van der Waals surface area contributed by atoms with E-state index in [2.05, 4.69) is 25.7 Å². The highest BCUT2D eigenvalue weighted by atomic mass is 32.2. The summed E-state index contributed by atoms with van der Waals surface area (Å²) in [4.78, 5) is 14.5. The van der Waals surface area contributed by atoms with Gasteiger partial charge >= 0.3 is 0 Å². The number of carbonyl (C=O) groups is 1. The molecule has 0 aromatic heterocycles. The highest BCUT2D eigenvalue weighted by Crippen LogP contribution is 2.31. The molecule has 0 aliphatic carbocycles. The summed E-state index contributed by atoms with van der Waals surface area (Å²) in [7, 11) is 0. The summed E-state index contributed by atoms with van der Waals surface area (Å²) < 4.78 is 0. The maximum Gasteiger partial charge on any atom is 0.233 e. The van der Waals surface area contributed by atoms with Gasteiger partial charge in [0.2, 0.25) is 5.91 Å². The van der Waals surface area contributed by atoms with Crippen molar-refractivity contribution in [1.82, 2.24) is 4.90 Å². The molecule has 1 fully saturated rings. The molecule has 124 valence electrons. The van der Waals surface area contributed by atoms with Gasteiger partial charge < -0.3 is 4.90 Å². The molecule has 1 heterocycles. The Balaban J connectivity index is 2.55. The number of hydrogen-bond acceptors (Lipinski definition) is 2.